The van der Waals surface area contributed by atoms with Gasteiger partial charge in [0.05, 0.1) is 12.2 Å². The highest BCUT2D eigenvalue weighted by Crippen LogP contribution is 2.09. The van der Waals surface area contributed by atoms with Crippen molar-refractivity contribution in [1.29, 1.82) is 0 Å². The molecule has 0 aliphatic carbocycles. The summed E-state index contributed by atoms with van der Waals surface area (Å²) in [6, 6.07) is 3.56. The Morgan fingerprint density at radius 2 is 2.05 bits per heavy atom. The van der Waals surface area contributed by atoms with Gasteiger partial charge in [0.2, 0.25) is 0 Å². The van der Waals surface area contributed by atoms with Gasteiger partial charge in [-0.05, 0) is 55.1 Å². The minimum absolute atomic E-state index is 0.000746. The number of rotatable bonds is 8. The van der Waals surface area contributed by atoms with Gasteiger partial charge in [0.15, 0.2) is 0 Å². The van der Waals surface area contributed by atoms with Crippen molar-refractivity contribution in [3.8, 4) is 0 Å². The molecule has 5 nitrogen and oxygen atoms in total. The van der Waals surface area contributed by atoms with Gasteiger partial charge in [-0.15, -0.1) is 0 Å². The third-order valence-electron chi connectivity index (χ3n) is 2.86. The topological polar surface area (TPSA) is 45.7 Å². The highest BCUT2D eigenvalue weighted by atomic mass is 79.9. The molecule has 1 aromatic rings. The van der Waals surface area contributed by atoms with Gasteiger partial charge in [-0.25, -0.2) is 4.98 Å². The van der Waals surface area contributed by atoms with E-state index >= 15 is 0 Å². The van der Waals surface area contributed by atoms with Crippen LogP contribution in [0.5, 0.6) is 0 Å². The average molecular weight is 344 g/mol. The van der Waals surface area contributed by atoms with E-state index in [1.807, 2.05) is 19.0 Å². The lowest BCUT2D eigenvalue weighted by Crippen LogP contribution is -2.36. The van der Waals surface area contributed by atoms with E-state index in [9.17, 15) is 4.79 Å². The van der Waals surface area contributed by atoms with E-state index in [1.165, 1.54) is 0 Å². The smallest absolute Gasteiger partial charge is 0.255 e. The molecule has 20 heavy (non-hydrogen) atoms. The van der Waals surface area contributed by atoms with Gasteiger partial charge in [0, 0.05) is 26.4 Å². The molecule has 1 rings (SSSR count). The van der Waals surface area contributed by atoms with E-state index in [0.29, 0.717) is 18.7 Å². The molecule has 0 radical (unpaired) electrons. The Kier molecular flexibility index (Phi) is 7.72. The van der Waals surface area contributed by atoms with Gasteiger partial charge in [0.1, 0.15) is 4.60 Å². The van der Waals surface area contributed by atoms with Crippen molar-refractivity contribution in [2.24, 2.45) is 0 Å². The van der Waals surface area contributed by atoms with Crippen LogP contribution in [-0.2, 0) is 4.74 Å². The van der Waals surface area contributed by atoms with Gasteiger partial charge in [-0.2, -0.15) is 0 Å². The standard InChI is InChI=1S/C14H22BrN3O2/c1-17(2)7-4-8-18(9-10-20-3)14(19)12-5-6-13(15)16-11-12/h5-6,11H,4,7-10H2,1-3H3. The Balaban J connectivity index is 2.65. The van der Waals surface area contributed by atoms with Crippen LogP contribution in [-0.4, -0.2) is 68.1 Å². The van der Waals surface area contributed by atoms with Gasteiger partial charge in [-0.3, -0.25) is 4.79 Å². The quantitative estimate of drug-likeness (QED) is 0.676. The van der Waals surface area contributed by atoms with E-state index in [-0.39, 0.29) is 5.91 Å². The summed E-state index contributed by atoms with van der Waals surface area (Å²) >= 11 is 3.27. The predicted molar refractivity (Wildman–Crippen MR) is 82.9 cm³/mol. The van der Waals surface area contributed by atoms with E-state index < -0.39 is 0 Å². The molecule has 0 bridgehead atoms. The number of hydrogen-bond acceptors (Lipinski definition) is 4. The molecule has 0 aliphatic heterocycles. The SMILES string of the molecule is COCCN(CCCN(C)C)C(=O)c1ccc(Br)nc1. The molecule has 0 N–H and O–H groups in total. The zero-order chi connectivity index (χ0) is 15.0. The van der Waals surface area contributed by atoms with Crippen LogP contribution in [0.25, 0.3) is 0 Å². The molecule has 0 aliphatic rings. The average Bonchev–Trinajstić information content (AvgIpc) is 2.42. The normalized spacial score (nSPS) is 10.8. The van der Waals surface area contributed by atoms with Crippen LogP contribution >= 0.6 is 15.9 Å². The minimum Gasteiger partial charge on any atom is -0.383 e. The summed E-state index contributed by atoms with van der Waals surface area (Å²) in [5.74, 6) is 0.000746. The molecule has 6 heteroatoms. The predicted octanol–water partition coefficient (Wildman–Crippen LogP) is 1.88. The number of ether oxygens (including phenoxy) is 1. The van der Waals surface area contributed by atoms with Crippen molar-refractivity contribution >= 4 is 21.8 Å². The third-order valence-corrected chi connectivity index (χ3v) is 3.33. The number of methoxy groups -OCH3 is 1. The Morgan fingerprint density at radius 1 is 1.30 bits per heavy atom. The van der Waals surface area contributed by atoms with Gasteiger partial charge in [0.25, 0.3) is 5.91 Å². The molecule has 1 aromatic heterocycles. The van der Waals surface area contributed by atoms with Gasteiger partial charge >= 0.3 is 0 Å². The van der Waals surface area contributed by atoms with E-state index in [0.717, 1.165) is 24.1 Å². The molecular formula is C14H22BrN3O2. The number of hydrogen-bond donors (Lipinski definition) is 0. The van der Waals surface area contributed by atoms with Crippen LogP contribution < -0.4 is 0 Å². The van der Waals surface area contributed by atoms with E-state index in [4.69, 9.17) is 4.74 Å². The molecule has 0 fully saturated rings. The number of pyridine rings is 1. The van der Waals surface area contributed by atoms with Crippen molar-refractivity contribution < 1.29 is 9.53 Å². The maximum Gasteiger partial charge on any atom is 0.255 e. The fourth-order valence-corrected chi connectivity index (χ4v) is 2.01. The maximum atomic E-state index is 12.4. The first kappa shape index (κ1) is 17.1. The first-order valence-corrected chi connectivity index (χ1v) is 7.38. The lowest BCUT2D eigenvalue weighted by atomic mass is 10.2. The Labute approximate surface area is 129 Å². The lowest BCUT2D eigenvalue weighted by molar-refractivity contribution is 0.0689. The molecule has 112 valence electrons. The number of amides is 1. The minimum atomic E-state index is 0.000746. The first-order valence-electron chi connectivity index (χ1n) is 6.59. The van der Waals surface area contributed by atoms with Crippen molar-refractivity contribution in [2.75, 3.05) is 47.4 Å². The van der Waals surface area contributed by atoms with Crippen LogP contribution in [0.15, 0.2) is 22.9 Å². The fraction of sp³-hybridized carbons (Fsp3) is 0.571. The molecule has 0 atom stereocenters. The van der Waals surface area contributed by atoms with Crippen LogP contribution in [0.4, 0.5) is 0 Å². The lowest BCUT2D eigenvalue weighted by Gasteiger charge is -2.23. The van der Waals surface area contributed by atoms with Crippen LogP contribution in [0, 0.1) is 0 Å². The third kappa shape index (κ3) is 5.98. The Morgan fingerprint density at radius 3 is 2.60 bits per heavy atom. The number of aromatic nitrogens is 1. The second-order valence-corrected chi connectivity index (χ2v) is 5.62. The second-order valence-electron chi connectivity index (χ2n) is 4.81. The Hall–Kier alpha value is -0.980. The molecule has 0 spiro atoms. The van der Waals surface area contributed by atoms with E-state index in [2.05, 4.69) is 25.8 Å². The number of nitrogens with zero attached hydrogens (tertiary/aromatic N) is 3. The Bertz CT molecular complexity index is 409. The summed E-state index contributed by atoms with van der Waals surface area (Å²) in [5, 5.41) is 0. The zero-order valence-corrected chi connectivity index (χ0v) is 13.9. The maximum absolute atomic E-state index is 12.4. The number of carbonyl (C=O) groups excluding carboxylic acids is 1. The summed E-state index contributed by atoms with van der Waals surface area (Å²) in [4.78, 5) is 20.5. The number of halogens is 1. The van der Waals surface area contributed by atoms with Gasteiger partial charge in [-0.1, -0.05) is 0 Å². The summed E-state index contributed by atoms with van der Waals surface area (Å²) < 4.78 is 5.80. The number of carbonyl (C=O) groups is 1. The highest BCUT2D eigenvalue weighted by Gasteiger charge is 2.15. The van der Waals surface area contributed by atoms with E-state index in [1.54, 1.807) is 25.4 Å². The van der Waals surface area contributed by atoms with Crippen LogP contribution in [0.3, 0.4) is 0 Å². The molecule has 0 saturated heterocycles. The molecule has 0 unspecified atom stereocenters. The van der Waals surface area contributed by atoms with Crippen molar-refractivity contribution in [3.05, 3.63) is 28.5 Å². The monoisotopic (exact) mass is 343 g/mol. The summed E-state index contributed by atoms with van der Waals surface area (Å²) in [7, 11) is 5.70. The molecular weight excluding hydrogens is 322 g/mol. The second kappa shape index (κ2) is 9.05. The van der Waals surface area contributed by atoms with Crippen molar-refractivity contribution in [3.63, 3.8) is 0 Å². The molecule has 1 heterocycles. The van der Waals surface area contributed by atoms with Crippen molar-refractivity contribution in [2.45, 2.75) is 6.42 Å². The zero-order valence-electron chi connectivity index (χ0n) is 12.3. The van der Waals surface area contributed by atoms with Crippen LogP contribution in [0.2, 0.25) is 0 Å². The largest absolute Gasteiger partial charge is 0.383 e. The molecule has 0 aromatic carbocycles. The van der Waals surface area contributed by atoms with Gasteiger partial charge < -0.3 is 14.5 Å². The molecule has 1 amide bonds. The fourth-order valence-electron chi connectivity index (χ4n) is 1.78. The van der Waals surface area contributed by atoms with Crippen LogP contribution in [0.1, 0.15) is 16.8 Å². The summed E-state index contributed by atoms with van der Waals surface area (Å²) in [6.07, 6.45) is 2.53. The highest BCUT2D eigenvalue weighted by molar-refractivity contribution is 9.10. The summed E-state index contributed by atoms with van der Waals surface area (Å²) in [6.45, 7) is 2.81. The summed E-state index contributed by atoms with van der Waals surface area (Å²) in [5.41, 5.74) is 0.606. The van der Waals surface area contributed by atoms with Crippen molar-refractivity contribution in [1.82, 2.24) is 14.8 Å². The first-order chi connectivity index (χ1) is 9.54. The molecule has 0 saturated carbocycles.